The summed E-state index contributed by atoms with van der Waals surface area (Å²) in [6, 6.07) is -1.67. The van der Waals surface area contributed by atoms with E-state index < -0.39 is 12.1 Å². The number of nitrogens with two attached hydrogens (primary N) is 4. The van der Waals surface area contributed by atoms with Gasteiger partial charge >= 0.3 is 12.1 Å². The highest BCUT2D eigenvalue weighted by molar-refractivity contribution is 5.69. The van der Waals surface area contributed by atoms with Crippen LogP contribution in [0, 0.1) is 0 Å². The summed E-state index contributed by atoms with van der Waals surface area (Å²) in [6.07, 6.45) is 0. The predicted octanol–water partition coefficient (Wildman–Crippen LogP) is -2.91. The van der Waals surface area contributed by atoms with Crippen molar-refractivity contribution < 1.29 is 9.59 Å². The normalized spacial score (nSPS) is 4.80. The van der Waals surface area contributed by atoms with E-state index in [1.54, 1.807) is 0 Å². The largest absolute Gasteiger partial charge is 0.352 e. The van der Waals surface area contributed by atoms with Crippen molar-refractivity contribution >= 4 is 12.1 Å². The molecule has 0 aromatic carbocycles. The Morgan fingerprint density at radius 1 is 0.700 bits per heavy atom. The van der Waals surface area contributed by atoms with Gasteiger partial charge in [0.1, 0.15) is 0 Å². The van der Waals surface area contributed by atoms with Crippen LogP contribution in [0.3, 0.4) is 0 Å². The van der Waals surface area contributed by atoms with Crippen LogP contribution in [0.25, 0.3) is 0 Å². The minimum atomic E-state index is -0.833. The quantitative estimate of drug-likeness (QED) is 0.285. The molecule has 8 heteroatoms. The molecule has 0 heterocycles. The number of rotatable bonds is 0. The average molecular weight is 148 g/mol. The molecule has 0 saturated heterocycles. The summed E-state index contributed by atoms with van der Waals surface area (Å²) >= 11 is 0. The number of carbonyl (C=O) groups excluding carboxylic acids is 2. The van der Waals surface area contributed by atoms with E-state index in [1.165, 1.54) is 0 Å². The van der Waals surface area contributed by atoms with Gasteiger partial charge in [0.2, 0.25) is 0 Å². The Bertz CT molecular complexity index is 71.7. The Kier molecular flexibility index (Phi) is 37.0. The monoisotopic (exact) mass is 148 g/mol. The third-order valence-corrected chi connectivity index (χ3v) is 0. The summed E-state index contributed by atoms with van der Waals surface area (Å²) in [5.41, 5.74) is 17.0. The number of urea groups is 2. The van der Waals surface area contributed by atoms with Crippen LogP contribution >= 0.6 is 0 Å². The molecule has 0 atom stereocenters. The summed E-state index contributed by atoms with van der Waals surface area (Å²) in [7, 11) is 0. The van der Waals surface area contributed by atoms with Crippen molar-refractivity contribution in [3.63, 3.8) is 0 Å². The van der Waals surface area contributed by atoms with Crippen molar-refractivity contribution in [2.45, 2.75) is 0 Å². The molecule has 0 aliphatic carbocycles. The molecule has 0 aliphatic rings. The third kappa shape index (κ3) is 81.2. The first-order valence-electron chi connectivity index (χ1n) is 1.56. The first-order valence-corrected chi connectivity index (χ1v) is 1.56. The van der Waals surface area contributed by atoms with Gasteiger partial charge in [-0.3, -0.25) is 0 Å². The van der Waals surface area contributed by atoms with Crippen molar-refractivity contribution in [1.82, 2.24) is 12.3 Å². The number of amides is 4. The Morgan fingerprint density at radius 2 is 0.700 bits per heavy atom. The molecule has 8 N–H and O–H groups in total. The fourth-order valence-electron chi connectivity index (χ4n) is 0. The summed E-state index contributed by atoms with van der Waals surface area (Å²) in [5.74, 6) is 0. The molecule has 10 heavy (non-hydrogen) atoms. The van der Waals surface area contributed by atoms with Crippen LogP contribution in [0.15, 0.2) is 0 Å². The number of hydrogen-bond acceptors (Lipinski definition) is 2. The van der Waals surface area contributed by atoms with Gasteiger partial charge in [-0.05, 0) is 0 Å². The van der Waals surface area contributed by atoms with Crippen molar-refractivity contribution in [1.29, 1.82) is 0 Å². The number of primary amides is 4. The lowest BCUT2D eigenvalue weighted by Crippen LogP contribution is -2.18. The third-order valence-electron chi connectivity index (χ3n) is 0. The van der Waals surface area contributed by atoms with E-state index in [1.807, 2.05) is 0 Å². The molecule has 0 aromatic heterocycles. The van der Waals surface area contributed by atoms with Crippen molar-refractivity contribution in [3.8, 4) is 0 Å². The molecule has 0 aliphatic heterocycles. The Morgan fingerprint density at radius 3 is 0.700 bits per heavy atom. The maximum atomic E-state index is 9.00. The maximum Gasteiger partial charge on any atom is 0.309 e. The van der Waals surface area contributed by atoms with Gasteiger partial charge in [-0.2, -0.15) is 0 Å². The zero-order valence-electron chi connectivity index (χ0n) is 5.02. The summed E-state index contributed by atoms with van der Waals surface area (Å²) < 4.78 is 0. The molecule has 0 unspecified atom stereocenters. The lowest BCUT2D eigenvalue weighted by molar-refractivity contribution is 0.255. The molecule has 0 spiro atoms. The first-order chi connectivity index (χ1) is 3.46. The maximum absolute atomic E-state index is 9.00. The molecule has 58 valence electrons. The number of nitrogens with zero attached hydrogens (tertiary/aromatic N) is 2. The van der Waals surface area contributed by atoms with E-state index in [9.17, 15) is 0 Å². The van der Waals surface area contributed by atoms with Crippen LogP contribution in [0.4, 0.5) is 9.59 Å². The van der Waals surface area contributed by atoms with Gasteiger partial charge in [-0.15, -0.1) is 0 Å². The van der Waals surface area contributed by atoms with Crippen molar-refractivity contribution in [3.05, 3.63) is 0 Å². The molecule has 4 amide bonds. The molecule has 0 saturated carbocycles. The van der Waals surface area contributed by atoms with E-state index in [4.69, 9.17) is 9.59 Å². The molecule has 0 fully saturated rings. The molecule has 6 radical (unpaired) electrons. The molecular weight excluding hydrogens is 140 g/mol. The van der Waals surface area contributed by atoms with Gasteiger partial charge in [-0.1, -0.05) is 0 Å². The lowest BCUT2D eigenvalue weighted by atomic mass is 11.2. The Labute approximate surface area is 58.1 Å². The molecular formula is C2H8N6O2. The highest BCUT2D eigenvalue weighted by Gasteiger charge is 1.61. The van der Waals surface area contributed by atoms with Crippen molar-refractivity contribution in [2.75, 3.05) is 0 Å². The van der Waals surface area contributed by atoms with E-state index in [0.29, 0.717) is 0 Å². The van der Waals surface area contributed by atoms with Crippen LogP contribution in [0.5, 0.6) is 0 Å². The van der Waals surface area contributed by atoms with E-state index >= 15 is 0 Å². The summed E-state index contributed by atoms with van der Waals surface area (Å²) in [4.78, 5) is 18.0. The topological polar surface area (TPSA) is 199 Å². The van der Waals surface area contributed by atoms with Crippen LogP contribution < -0.4 is 35.2 Å². The van der Waals surface area contributed by atoms with Gasteiger partial charge in [0, 0.05) is 12.3 Å². The summed E-state index contributed by atoms with van der Waals surface area (Å²) in [6.45, 7) is 0. The van der Waals surface area contributed by atoms with Crippen LogP contribution in [0.1, 0.15) is 0 Å². The van der Waals surface area contributed by atoms with Gasteiger partial charge in [0.15, 0.2) is 0 Å². The van der Waals surface area contributed by atoms with E-state index in [0.717, 1.165) is 0 Å². The van der Waals surface area contributed by atoms with Gasteiger partial charge in [0.05, 0.1) is 0 Å². The first kappa shape index (κ1) is 23.7. The SMILES string of the molecule is NC(N)=O.NC(N)=O.[N].[N]. The zero-order valence-corrected chi connectivity index (χ0v) is 5.02. The predicted molar refractivity (Wildman–Crippen MR) is 31.8 cm³/mol. The minimum Gasteiger partial charge on any atom is -0.352 e. The lowest BCUT2D eigenvalue weighted by Gasteiger charge is -1.62. The second kappa shape index (κ2) is 15.7. The minimum absolute atomic E-state index is 0. The molecule has 0 bridgehead atoms. The second-order valence-corrected chi connectivity index (χ2v) is 0.805. The standard InChI is InChI=1S/2CH4N2O.2N/c2*2-1(3)4;;/h2*(H4,2,3,4);;. The average Bonchev–Trinajstić information content (AvgIpc) is 1.25. The van der Waals surface area contributed by atoms with E-state index in [2.05, 4.69) is 22.9 Å². The zero-order chi connectivity index (χ0) is 7.15. The molecule has 8 nitrogen and oxygen atoms in total. The number of hydrogen-bond donors (Lipinski definition) is 4. The van der Waals surface area contributed by atoms with Gasteiger partial charge in [0.25, 0.3) is 0 Å². The molecule has 0 aromatic rings. The number of carbonyl (C=O) groups is 2. The van der Waals surface area contributed by atoms with Crippen LogP contribution in [0.2, 0.25) is 0 Å². The van der Waals surface area contributed by atoms with Crippen molar-refractivity contribution in [2.24, 2.45) is 22.9 Å². The highest BCUT2D eigenvalue weighted by Crippen LogP contribution is 1.26. The fourth-order valence-corrected chi connectivity index (χ4v) is 0. The highest BCUT2D eigenvalue weighted by atomic mass is 16.2. The second-order valence-electron chi connectivity index (χ2n) is 0.805. The van der Waals surface area contributed by atoms with Gasteiger partial charge in [-0.25, -0.2) is 9.59 Å². The summed E-state index contributed by atoms with van der Waals surface area (Å²) in [5, 5.41) is 0. The van der Waals surface area contributed by atoms with Crippen LogP contribution in [-0.4, -0.2) is 12.1 Å². The Hall–Kier alpha value is -1.54. The van der Waals surface area contributed by atoms with Crippen LogP contribution in [-0.2, 0) is 0 Å². The van der Waals surface area contributed by atoms with E-state index in [-0.39, 0.29) is 12.3 Å². The smallest absolute Gasteiger partial charge is 0.309 e. The Balaban J connectivity index is -0.0000000300. The molecule has 0 rings (SSSR count). The van der Waals surface area contributed by atoms with Gasteiger partial charge < -0.3 is 22.9 Å². The fraction of sp³-hybridized carbons (Fsp3) is 0.